The van der Waals surface area contributed by atoms with Crippen LogP contribution in [-0.4, -0.2) is 32.2 Å². The number of amides is 1. The monoisotopic (exact) mass is 280 g/mol. The van der Waals surface area contributed by atoms with Crippen molar-refractivity contribution in [3.05, 3.63) is 29.6 Å². The van der Waals surface area contributed by atoms with E-state index in [0.29, 0.717) is 11.5 Å². The number of hydrogen-bond acceptors (Lipinski definition) is 3. The van der Waals surface area contributed by atoms with Crippen molar-refractivity contribution >= 4 is 11.6 Å². The van der Waals surface area contributed by atoms with Crippen LogP contribution in [0.3, 0.4) is 0 Å². The smallest absolute Gasteiger partial charge is 0.253 e. The van der Waals surface area contributed by atoms with Gasteiger partial charge >= 0.3 is 0 Å². The molecule has 110 valence electrons. The molecule has 1 aromatic carbocycles. The average molecular weight is 280 g/mol. The van der Waals surface area contributed by atoms with E-state index in [0.717, 1.165) is 26.1 Å². The molecule has 1 heterocycles. The SMILES string of the molecule is CNc1c(F)cccc1C(=O)NC(C)C1CCOCC1. The van der Waals surface area contributed by atoms with E-state index in [-0.39, 0.29) is 17.6 Å². The second-order valence-corrected chi connectivity index (χ2v) is 5.12. The lowest BCUT2D eigenvalue weighted by Gasteiger charge is -2.28. The number of carbonyl (C=O) groups is 1. The van der Waals surface area contributed by atoms with Crippen LogP contribution in [0, 0.1) is 11.7 Å². The molecule has 4 nitrogen and oxygen atoms in total. The Balaban J connectivity index is 2.06. The van der Waals surface area contributed by atoms with Gasteiger partial charge in [-0.2, -0.15) is 0 Å². The van der Waals surface area contributed by atoms with Crippen LogP contribution in [-0.2, 0) is 4.74 Å². The molecule has 1 unspecified atom stereocenters. The molecule has 0 spiro atoms. The predicted octanol–water partition coefficient (Wildman–Crippen LogP) is 2.41. The molecule has 2 rings (SSSR count). The molecule has 1 amide bonds. The van der Waals surface area contributed by atoms with Crippen molar-refractivity contribution in [1.29, 1.82) is 0 Å². The van der Waals surface area contributed by atoms with Gasteiger partial charge in [-0.05, 0) is 37.8 Å². The normalized spacial score (nSPS) is 17.6. The molecule has 0 bridgehead atoms. The summed E-state index contributed by atoms with van der Waals surface area (Å²) in [4.78, 5) is 12.3. The maximum absolute atomic E-state index is 13.6. The van der Waals surface area contributed by atoms with Crippen molar-refractivity contribution in [3.8, 4) is 0 Å². The Morgan fingerprint density at radius 1 is 1.40 bits per heavy atom. The quantitative estimate of drug-likeness (QED) is 0.890. The van der Waals surface area contributed by atoms with E-state index in [1.807, 2.05) is 6.92 Å². The van der Waals surface area contributed by atoms with Crippen LogP contribution in [0.2, 0.25) is 0 Å². The second-order valence-electron chi connectivity index (χ2n) is 5.12. The minimum absolute atomic E-state index is 0.0550. The van der Waals surface area contributed by atoms with Crippen molar-refractivity contribution in [2.75, 3.05) is 25.6 Å². The topological polar surface area (TPSA) is 50.4 Å². The summed E-state index contributed by atoms with van der Waals surface area (Å²) in [5.74, 6) is -0.244. The maximum atomic E-state index is 13.6. The summed E-state index contributed by atoms with van der Waals surface area (Å²) in [5.41, 5.74) is 0.579. The van der Waals surface area contributed by atoms with Crippen molar-refractivity contribution in [2.45, 2.75) is 25.8 Å². The van der Waals surface area contributed by atoms with Gasteiger partial charge in [0.25, 0.3) is 5.91 Å². The van der Waals surface area contributed by atoms with Gasteiger partial charge in [-0.15, -0.1) is 0 Å². The van der Waals surface area contributed by atoms with Gasteiger partial charge in [-0.1, -0.05) is 6.07 Å². The summed E-state index contributed by atoms with van der Waals surface area (Å²) in [6, 6.07) is 4.56. The molecule has 1 atom stereocenters. The third kappa shape index (κ3) is 3.28. The van der Waals surface area contributed by atoms with Gasteiger partial charge in [0, 0.05) is 26.3 Å². The van der Waals surface area contributed by atoms with E-state index in [1.165, 1.54) is 6.07 Å². The van der Waals surface area contributed by atoms with Crippen LogP contribution < -0.4 is 10.6 Å². The molecule has 0 aromatic heterocycles. The first-order valence-corrected chi connectivity index (χ1v) is 6.98. The van der Waals surface area contributed by atoms with E-state index in [1.54, 1.807) is 19.2 Å². The van der Waals surface area contributed by atoms with Gasteiger partial charge < -0.3 is 15.4 Å². The Morgan fingerprint density at radius 2 is 2.10 bits per heavy atom. The minimum atomic E-state index is -0.418. The summed E-state index contributed by atoms with van der Waals surface area (Å²) in [7, 11) is 1.61. The van der Waals surface area contributed by atoms with Gasteiger partial charge in [-0.3, -0.25) is 4.79 Å². The lowest BCUT2D eigenvalue weighted by atomic mass is 9.92. The fraction of sp³-hybridized carbons (Fsp3) is 0.533. The summed E-state index contributed by atoms with van der Waals surface area (Å²) in [5, 5.41) is 5.71. The predicted molar refractivity (Wildman–Crippen MR) is 76.4 cm³/mol. The molecular formula is C15H21FN2O2. The van der Waals surface area contributed by atoms with Gasteiger partial charge in [0.05, 0.1) is 11.3 Å². The molecule has 0 saturated carbocycles. The molecule has 1 fully saturated rings. The van der Waals surface area contributed by atoms with Gasteiger partial charge in [-0.25, -0.2) is 4.39 Å². The number of benzene rings is 1. The molecule has 1 aliphatic rings. The number of anilines is 1. The number of para-hydroxylation sites is 1. The average Bonchev–Trinajstić information content (AvgIpc) is 2.47. The van der Waals surface area contributed by atoms with E-state index in [9.17, 15) is 9.18 Å². The highest BCUT2D eigenvalue weighted by molar-refractivity contribution is 5.99. The lowest BCUT2D eigenvalue weighted by molar-refractivity contribution is 0.0538. The van der Waals surface area contributed by atoms with Crippen molar-refractivity contribution in [3.63, 3.8) is 0 Å². The number of rotatable bonds is 4. The second kappa shape index (κ2) is 6.70. The van der Waals surface area contributed by atoms with Crippen molar-refractivity contribution < 1.29 is 13.9 Å². The lowest BCUT2D eigenvalue weighted by Crippen LogP contribution is -2.40. The first-order valence-electron chi connectivity index (χ1n) is 6.98. The number of nitrogens with one attached hydrogen (secondary N) is 2. The molecule has 0 radical (unpaired) electrons. The third-order valence-electron chi connectivity index (χ3n) is 3.84. The minimum Gasteiger partial charge on any atom is -0.385 e. The number of halogens is 1. The van der Waals surface area contributed by atoms with E-state index < -0.39 is 5.82 Å². The molecule has 5 heteroatoms. The summed E-state index contributed by atoms with van der Waals surface area (Å²) in [6.07, 6.45) is 1.90. The first-order chi connectivity index (χ1) is 9.63. The van der Waals surface area contributed by atoms with E-state index in [2.05, 4.69) is 10.6 Å². The van der Waals surface area contributed by atoms with E-state index in [4.69, 9.17) is 4.74 Å². The van der Waals surface area contributed by atoms with Gasteiger partial charge in [0.2, 0.25) is 0 Å². The van der Waals surface area contributed by atoms with Crippen LogP contribution in [0.1, 0.15) is 30.1 Å². The number of ether oxygens (including phenoxy) is 1. The van der Waals surface area contributed by atoms with Gasteiger partial charge in [0.15, 0.2) is 0 Å². The van der Waals surface area contributed by atoms with Gasteiger partial charge in [0.1, 0.15) is 5.82 Å². The fourth-order valence-corrected chi connectivity index (χ4v) is 2.59. The Labute approximate surface area is 118 Å². The van der Waals surface area contributed by atoms with Crippen LogP contribution in [0.4, 0.5) is 10.1 Å². The Hall–Kier alpha value is -1.62. The molecule has 1 saturated heterocycles. The molecular weight excluding hydrogens is 259 g/mol. The van der Waals surface area contributed by atoms with Crippen LogP contribution in [0.5, 0.6) is 0 Å². The van der Waals surface area contributed by atoms with Crippen LogP contribution in [0.15, 0.2) is 18.2 Å². The third-order valence-corrected chi connectivity index (χ3v) is 3.84. The highest BCUT2D eigenvalue weighted by Gasteiger charge is 2.23. The zero-order chi connectivity index (χ0) is 14.5. The zero-order valence-corrected chi connectivity index (χ0v) is 11.9. The number of hydrogen-bond donors (Lipinski definition) is 2. The van der Waals surface area contributed by atoms with Crippen LogP contribution in [0.25, 0.3) is 0 Å². The molecule has 1 aliphatic heterocycles. The molecule has 1 aromatic rings. The highest BCUT2D eigenvalue weighted by Crippen LogP contribution is 2.21. The van der Waals surface area contributed by atoms with Crippen molar-refractivity contribution in [1.82, 2.24) is 5.32 Å². The Kier molecular flexibility index (Phi) is 4.95. The summed E-state index contributed by atoms with van der Waals surface area (Å²) in [6.45, 7) is 3.48. The molecule has 20 heavy (non-hydrogen) atoms. The number of carbonyl (C=O) groups excluding carboxylic acids is 1. The Bertz CT molecular complexity index is 473. The standard InChI is InChI=1S/C15H21FN2O2/c1-10(11-6-8-20-9-7-11)18-15(19)12-4-3-5-13(16)14(12)17-2/h3-5,10-11,17H,6-9H2,1-2H3,(H,18,19). The molecule has 0 aliphatic carbocycles. The van der Waals surface area contributed by atoms with Crippen LogP contribution >= 0.6 is 0 Å². The summed E-state index contributed by atoms with van der Waals surface area (Å²) >= 11 is 0. The maximum Gasteiger partial charge on any atom is 0.253 e. The summed E-state index contributed by atoms with van der Waals surface area (Å²) < 4.78 is 19.0. The largest absolute Gasteiger partial charge is 0.385 e. The van der Waals surface area contributed by atoms with Crippen molar-refractivity contribution in [2.24, 2.45) is 5.92 Å². The highest BCUT2D eigenvalue weighted by atomic mass is 19.1. The first kappa shape index (κ1) is 14.8. The fourth-order valence-electron chi connectivity index (χ4n) is 2.59. The Morgan fingerprint density at radius 3 is 2.75 bits per heavy atom. The molecule has 2 N–H and O–H groups in total. The van der Waals surface area contributed by atoms with E-state index >= 15 is 0 Å². The zero-order valence-electron chi connectivity index (χ0n) is 11.9.